The van der Waals surface area contributed by atoms with Crippen LogP contribution in [0.2, 0.25) is 0 Å². The zero-order valence-electron chi connectivity index (χ0n) is 15.1. The number of aromatic nitrogens is 2. The summed E-state index contributed by atoms with van der Waals surface area (Å²) in [7, 11) is 0. The molecule has 0 atom stereocenters. The van der Waals surface area contributed by atoms with Crippen molar-refractivity contribution in [3.05, 3.63) is 49.1 Å². The van der Waals surface area contributed by atoms with Gasteiger partial charge in [-0.25, -0.2) is 4.98 Å². The summed E-state index contributed by atoms with van der Waals surface area (Å²) in [6, 6.07) is 3.37. The fraction of sp³-hybridized carbons (Fsp3) is 0.278. The number of aromatic amines is 1. The van der Waals surface area contributed by atoms with Gasteiger partial charge in [-0.05, 0) is 37.3 Å². The number of benzene rings is 1. The van der Waals surface area contributed by atoms with Gasteiger partial charge in [-0.1, -0.05) is 11.8 Å². The first kappa shape index (κ1) is 19.4. The molecule has 0 unspecified atom stereocenters. The van der Waals surface area contributed by atoms with E-state index in [4.69, 9.17) is 0 Å². The molecule has 0 fully saturated rings. The lowest BCUT2D eigenvalue weighted by Gasteiger charge is -2.09. The number of nitro groups is 1. The van der Waals surface area contributed by atoms with Gasteiger partial charge in [0.2, 0.25) is 5.91 Å². The molecule has 0 saturated heterocycles. The second-order valence-electron chi connectivity index (χ2n) is 6.56. The third kappa shape index (κ3) is 3.96. The molecule has 4 rings (SSSR count). The second kappa shape index (κ2) is 7.84. The van der Waals surface area contributed by atoms with E-state index in [1.807, 2.05) is 0 Å². The smallest absolute Gasteiger partial charge is 0.271 e. The van der Waals surface area contributed by atoms with Crippen molar-refractivity contribution < 1.29 is 14.8 Å². The Morgan fingerprint density at radius 1 is 1.38 bits per heavy atom. The van der Waals surface area contributed by atoms with Crippen molar-refractivity contribution in [2.45, 2.75) is 30.8 Å². The lowest BCUT2D eigenvalue weighted by atomic mass is 9.97. The Labute approximate surface area is 172 Å². The number of H-pyrrole nitrogens is 1. The zero-order valence-corrected chi connectivity index (χ0v) is 16.7. The van der Waals surface area contributed by atoms with Crippen LogP contribution in [0, 0.1) is 10.1 Å². The molecule has 3 N–H and O–H groups in total. The van der Waals surface area contributed by atoms with E-state index in [0.29, 0.717) is 15.4 Å². The van der Waals surface area contributed by atoms with Crippen molar-refractivity contribution in [3.63, 3.8) is 0 Å². The first-order valence-electron chi connectivity index (χ1n) is 8.87. The third-order valence-electron chi connectivity index (χ3n) is 4.61. The number of aromatic hydroxyl groups is 1. The molecule has 1 aliphatic rings. The number of hydrogen-bond acceptors (Lipinski definition) is 8. The van der Waals surface area contributed by atoms with Gasteiger partial charge in [0.25, 0.3) is 11.2 Å². The number of non-ortho nitro benzene ring substituents is 1. The van der Waals surface area contributed by atoms with Gasteiger partial charge in [0, 0.05) is 17.0 Å². The van der Waals surface area contributed by atoms with Crippen molar-refractivity contribution in [2.24, 2.45) is 0 Å². The summed E-state index contributed by atoms with van der Waals surface area (Å²) in [5.41, 5.74) is 0.602. The highest BCUT2D eigenvalue weighted by molar-refractivity contribution is 7.99. The Hall–Kier alpha value is -2.92. The molecule has 0 bridgehead atoms. The van der Waals surface area contributed by atoms with Gasteiger partial charge in [-0.15, -0.1) is 11.3 Å². The number of carbonyl (C=O) groups excluding carboxylic acids is 1. The van der Waals surface area contributed by atoms with Gasteiger partial charge in [-0.2, -0.15) is 0 Å². The molecular weight excluding hydrogens is 416 g/mol. The molecule has 3 aromatic rings. The first-order chi connectivity index (χ1) is 13.9. The maximum absolute atomic E-state index is 12.5. The van der Waals surface area contributed by atoms with Crippen molar-refractivity contribution in [2.75, 3.05) is 11.1 Å². The number of phenolic OH excluding ortho intramolecular Hbond substituents is 1. The molecule has 11 heteroatoms. The van der Waals surface area contributed by atoms with Crippen LogP contribution >= 0.6 is 23.1 Å². The number of amides is 1. The number of carbonyl (C=O) groups is 1. The standard InChI is InChI=1S/C18H16N4O5S2/c23-12-6-5-9(22(26)27)7-11(12)19-14(24)8-28-18-20-16(25)15-10-3-1-2-4-13(10)29-17(15)21-18/h5-7,23H,1-4,8H2,(H,19,24)(H,20,21,25). The molecule has 0 spiro atoms. The molecule has 29 heavy (non-hydrogen) atoms. The SMILES string of the molecule is O=C(CSc1nc2sc3c(c2c(=O)[nH]1)CCCC3)Nc1cc([N+](=O)[O-])ccc1O. The quantitative estimate of drug-likeness (QED) is 0.185. The van der Waals surface area contributed by atoms with Crippen LogP contribution in [0.1, 0.15) is 23.3 Å². The number of aryl methyl sites for hydroxylation is 2. The lowest BCUT2D eigenvalue weighted by Crippen LogP contribution is -2.16. The van der Waals surface area contributed by atoms with Gasteiger partial charge in [0.15, 0.2) is 5.16 Å². The summed E-state index contributed by atoms with van der Waals surface area (Å²) < 4.78 is 0. The topological polar surface area (TPSA) is 138 Å². The minimum Gasteiger partial charge on any atom is -0.506 e. The van der Waals surface area contributed by atoms with E-state index in [9.17, 15) is 24.8 Å². The minimum absolute atomic E-state index is 0.0485. The molecule has 1 aliphatic carbocycles. The van der Waals surface area contributed by atoms with E-state index in [0.717, 1.165) is 61.2 Å². The van der Waals surface area contributed by atoms with E-state index >= 15 is 0 Å². The predicted molar refractivity (Wildman–Crippen MR) is 111 cm³/mol. The molecule has 1 amide bonds. The van der Waals surface area contributed by atoms with Crippen LogP contribution in [-0.4, -0.2) is 31.7 Å². The maximum Gasteiger partial charge on any atom is 0.271 e. The van der Waals surface area contributed by atoms with Gasteiger partial charge in [0.1, 0.15) is 10.6 Å². The van der Waals surface area contributed by atoms with Gasteiger partial charge in [0.05, 0.1) is 21.7 Å². The first-order valence-corrected chi connectivity index (χ1v) is 10.7. The highest BCUT2D eigenvalue weighted by Crippen LogP contribution is 2.34. The highest BCUT2D eigenvalue weighted by atomic mass is 32.2. The molecule has 2 heterocycles. The number of rotatable bonds is 5. The van der Waals surface area contributed by atoms with Crippen LogP contribution in [0.4, 0.5) is 11.4 Å². The third-order valence-corrected chi connectivity index (χ3v) is 6.67. The molecular formula is C18H16N4O5S2. The Kier molecular flexibility index (Phi) is 5.24. The van der Waals surface area contributed by atoms with Crippen LogP contribution in [0.3, 0.4) is 0 Å². The fourth-order valence-electron chi connectivity index (χ4n) is 3.27. The van der Waals surface area contributed by atoms with E-state index in [-0.39, 0.29) is 28.4 Å². The number of nitro benzene ring substituents is 1. The van der Waals surface area contributed by atoms with Gasteiger partial charge in [-0.3, -0.25) is 19.7 Å². The number of phenols is 1. The molecule has 150 valence electrons. The van der Waals surface area contributed by atoms with Crippen LogP contribution < -0.4 is 10.9 Å². The number of thioether (sulfide) groups is 1. The van der Waals surface area contributed by atoms with Crippen molar-refractivity contribution in [3.8, 4) is 5.75 Å². The molecule has 2 aromatic heterocycles. The van der Waals surface area contributed by atoms with E-state index in [2.05, 4.69) is 15.3 Å². The summed E-state index contributed by atoms with van der Waals surface area (Å²) in [6.07, 6.45) is 4.04. The van der Waals surface area contributed by atoms with E-state index in [1.165, 1.54) is 16.2 Å². The van der Waals surface area contributed by atoms with Crippen LogP contribution in [0.25, 0.3) is 10.2 Å². The molecule has 0 saturated carbocycles. The average Bonchev–Trinajstić information content (AvgIpc) is 3.06. The summed E-state index contributed by atoms with van der Waals surface area (Å²) in [5, 5.41) is 24.0. The molecule has 9 nitrogen and oxygen atoms in total. The Balaban J connectivity index is 1.48. The summed E-state index contributed by atoms with van der Waals surface area (Å²) in [6.45, 7) is 0. The summed E-state index contributed by atoms with van der Waals surface area (Å²) >= 11 is 2.58. The number of nitrogens with zero attached hydrogens (tertiary/aromatic N) is 2. The monoisotopic (exact) mass is 432 g/mol. The van der Waals surface area contributed by atoms with Gasteiger partial charge < -0.3 is 15.4 Å². The number of fused-ring (bicyclic) bond motifs is 3. The second-order valence-corrected chi connectivity index (χ2v) is 8.61. The molecule has 0 radical (unpaired) electrons. The van der Waals surface area contributed by atoms with Crippen LogP contribution in [-0.2, 0) is 17.6 Å². The normalized spacial score (nSPS) is 13.2. The Morgan fingerprint density at radius 3 is 2.97 bits per heavy atom. The lowest BCUT2D eigenvalue weighted by molar-refractivity contribution is -0.384. The number of hydrogen-bond donors (Lipinski definition) is 3. The van der Waals surface area contributed by atoms with Gasteiger partial charge >= 0.3 is 0 Å². The Morgan fingerprint density at radius 2 is 2.17 bits per heavy atom. The molecule has 0 aliphatic heterocycles. The number of nitrogens with one attached hydrogen (secondary N) is 2. The number of anilines is 1. The summed E-state index contributed by atoms with van der Waals surface area (Å²) in [4.78, 5) is 44.0. The predicted octanol–water partition coefficient (Wildman–Crippen LogP) is 3.21. The van der Waals surface area contributed by atoms with E-state index < -0.39 is 10.8 Å². The fourth-order valence-corrected chi connectivity index (χ4v) is 5.25. The highest BCUT2D eigenvalue weighted by Gasteiger charge is 2.20. The average molecular weight is 432 g/mol. The zero-order chi connectivity index (χ0) is 20.5. The van der Waals surface area contributed by atoms with E-state index in [1.54, 1.807) is 0 Å². The largest absolute Gasteiger partial charge is 0.506 e. The van der Waals surface area contributed by atoms with Crippen molar-refractivity contribution in [1.29, 1.82) is 0 Å². The maximum atomic E-state index is 12.5. The summed E-state index contributed by atoms with van der Waals surface area (Å²) in [5.74, 6) is -0.841. The molecule has 1 aromatic carbocycles. The van der Waals surface area contributed by atoms with Crippen molar-refractivity contribution >= 4 is 50.6 Å². The number of thiophene rings is 1. The Bertz CT molecular complexity index is 1190. The minimum atomic E-state index is -0.617. The van der Waals surface area contributed by atoms with Crippen molar-refractivity contribution in [1.82, 2.24) is 9.97 Å². The van der Waals surface area contributed by atoms with Crippen LogP contribution in [0.15, 0.2) is 28.2 Å². The van der Waals surface area contributed by atoms with Crippen LogP contribution in [0.5, 0.6) is 5.75 Å².